The number of benzene rings is 1. The first kappa shape index (κ1) is 11.7. The molecule has 0 aliphatic heterocycles. The minimum atomic E-state index is -2.53. The Kier molecular flexibility index (Phi) is 2.46. The van der Waals surface area contributed by atoms with Crippen LogP contribution in [0, 0.1) is 11.6 Å². The van der Waals surface area contributed by atoms with E-state index in [1.807, 2.05) is 0 Å². The zero-order valence-corrected chi connectivity index (χ0v) is 8.79. The normalized spacial score (nSPS) is 22.5. The number of carbonyl (C=O) groups is 2. The maximum atomic E-state index is 13.4. The Labute approximate surface area is 94.8 Å². The van der Waals surface area contributed by atoms with E-state index in [0.717, 1.165) is 19.2 Å². The molecule has 1 atom stereocenters. The molecule has 90 valence electrons. The number of methoxy groups -OCH3 is 1. The van der Waals surface area contributed by atoms with Gasteiger partial charge in [0.05, 0.1) is 12.7 Å². The van der Waals surface area contributed by atoms with Crippen molar-refractivity contribution in [3.8, 4) is 0 Å². The first-order valence-electron chi connectivity index (χ1n) is 4.74. The molecule has 6 heteroatoms. The van der Waals surface area contributed by atoms with Crippen LogP contribution in [0.5, 0.6) is 0 Å². The summed E-state index contributed by atoms with van der Waals surface area (Å²) in [7, 11) is 0.975. The van der Waals surface area contributed by atoms with Gasteiger partial charge < -0.3 is 9.84 Å². The van der Waals surface area contributed by atoms with E-state index in [9.17, 15) is 23.5 Å². The zero-order chi connectivity index (χ0) is 12.8. The van der Waals surface area contributed by atoms with Gasteiger partial charge in [0.2, 0.25) is 11.4 Å². The maximum absolute atomic E-state index is 13.4. The predicted octanol–water partition coefficient (Wildman–Crippen LogP) is 0.608. The van der Waals surface area contributed by atoms with Crippen LogP contribution in [0.25, 0.3) is 0 Å². The van der Waals surface area contributed by atoms with E-state index in [4.69, 9.17) is 0 Å². The summed E-state index contributed by atoms with van der Waals surface area (Å²) in [5.74, 6) is -4.20. The second kappa shape index (κ2) is 3.59. The summed E-state index contributed by atoms with van der Waals surface area (Å²) in [6, 6.07) is 1.61. The van der Waals surface area contributed by atoms with Crippen molar-refractivity contribution in [1.82, 2.24) is 0 Å². The number of fused-ring (bicyclic) bond motifs is 1. The van der Waals surface area contributed by atoms with Gasteiger partial charge in [0.1, 0.15) is 11.6 Å². The topological polar surface area (TPSA) is 63.6 Å². The lowest BCUT2D eigenvalue weighted by molar-refractivity contribution is -0.156. The third-order valence-electron chi connectivity index (χ3n) is 2.76. The smallest absolute Gasteiger partial charge is 0.346 e. The number of hydrogen-bond acceptors (Lipinski definition) is 4. The van der Waals surface area contributed by atoms with E-state index < -0.39 is 41.0 Å². The number of rotatable bonds is 1. The predicted molar refractivity (Wildman–Crippen MR) is 51.4 cm³/mol. The molecule has 0 aromatic heterocycles. The Hall–Kier alpha value is -1.82. The highest BCUT2D eigenvalue weighted by atomic mass is 19.1. The Bertz CT molecular complexity index is 526. The van der Waals surface area contributed by atoms with E-state index >= 15 is 0 Å². The number of aliphatic hydroxyl groups is 1. The molecule has 0 bridgehead atoms. The molecule has 17 heavy (non-hydrogen) atoms. The number of hydrogen-bond donors (Lipinski definition) is 1. The fraction of sp³-hybridized carbons (Fsp3) is 0.273. The van der Waals surface area contributed by atoms with Gasteiger partial charge in [0.15, 0.2) is 0 Å². The van der Waals surface area contributed by atoms with Gasteiger partial charge in [-0.25, -0.2) is 13.6 Å². The number of ketones is 1. The molecule has 0 heterocycles. The summed E-state index contributed by atoms with van der Waals surface area (Å²) in [6.45, 7) is 0. The van der Waals surface area contributed by atoms with Gasteiger partial charge in [-0.3, -0.25) is 4.79 Å². The van der Waals surface area contributed by atoms with Crippen molar-refractivity contribution in [3.05, 3.63) is 34.9 Å². The molecule has 0 saturated carbocycles. The lowest BCUT2D eigenvalue weighted by Gasteiger charge is -2.16. The largest absolute Gasteiger partial charge is 0.467 e. The average molecular weight is 242 g/mol. The van der Waals surface area contributed by atoms with Gasteiger partial charge in [-0.1, -0.05) is 0 Å². The molecule has 1 aromatic carbocycles. The van der Waals surface area contributed by atoms with Crippen molar-refractivity contribution < 1.29 is 28.2 Å². The van der Waals surface area contributed by atoms with Crippen molar-refractivity contribution in [3.63, 3.8) is 0 Å². The molecule has 0 fully saturated rings. The highest BCUT2D eigenvalue weighted by Gasteiger charge is 2.53. The molecule has 1 aliphatic rings. The summed E-state index contributed by atoms with van der Waals surface area (Å²) < 4.78 is 31.0. The van der Waals surface area contributed by atoms with Crippen molar-refractivity contribution in [1.29, 1.82) is 0 Å². The fourth-order valence-corrected chi connectivity index (χ4v) is 1.89. The quantitative estimate of drug-likeness (QED) is 0.578. The molecular formula is C11H8F2O4. The summed E-state index contributed by atoms with van der Waals surface area (Å²) in [4.78, 5) is 23.0. The maximum Gasteiger partial charge on any atom is 0.346 e. The van der Waals surface area contributed by atoms with Gasteiger partial charge in [-0.05, 0) is 12.1 Å². The number of halogens is 2. The van der Waals surface area contributed by atoms with Crippen LogP contribution in [-0.2, 0) is 16.0 Å². The van der Waals surface area contributed by atoms with Gasteiger partial charge in [-0.15, -0.1) is 0 Å². The lowest BCUT2D eigenvalue weighted by Crippen LogP contribution is -2.45. The van der Waals surface area contributed by atoms with Crippen LogP contribution in [0.15, 0.2) is 12.1 Å². The monoisotopic (exact) mass is 242 g/mol. The van der Waals surface area contributed by atoms with Crippen molar-refractivity contribution in [2.75, 3.05) is 7.11 Å². The number of carbonyl (C=O) groups excluding carboxylic acids is 2. The molecule has 1 aliphatic carbocycles. The standard InChI is InChI=1S/C11H8F2O4/c1-17-10(15)11(16)4-5-6(12)2-3-7(13)8(5)9(11)14/h2-3,16H,4H2,1H3. The molecule has 2 rings (SSSR count). The number of Topliss-reactive ketones (excluding diaryl/α,β-unsaturated/α-hetero) is 1. The van der Waals surface area contributed by atoms with Crippen LogP contribution in [0.2, 0.25) is 0 Å². The van der Waals surface area contributed by atoms with Crippen molar-refractivity contribution in [2.24, 2.45) is 0 Å². The van der Waals surface area contributed by atoms with Gasteiger partial charge in [-0.2, -0.15) is 0 Å². The van der Waals surface area contributed by atoms with Crippen LogP contribution in [0.3, 0.4) is 0 Å². The Balaban J connectivity index is 2.60. The molecule has 0 saturated heterocycles. The third kappa shape index (κ3) is 1.44. The summed E-state index contributed by atoms with van der Waals surface area (Å²) in [5, 5.41) is 9.84. The minimum Gasteiger partial charge on any atom is -0.467 e. The first-order valence-corrected chi connectivity index (χ1v) is 4.74. The zero-order valence-electron chi connectivity index (χ0n) is 8.79. The summed E-state index contributed by atoms with van der Waals surface area (Å²) >= 11 is 0. The molecule has 1 N–H and O–H groups in total. The van der Waals surface area contributed by atoms with E-state index in [2.05, 4.69) is 4.74 Å². The lowest BCUT2D eigenvalue weighted by atomic mass is 9.99. The van der Waals surface area contributed by atoms with Gasteiger partial charge in [0, 0.05) is 12.0 Å². The number of ether oxygens (including phenoxy) is 1. The highest BCUT2D eigenvalue weighted by molar-refractivity contribution is 6.18. The van der Waals surface area contributed by atoms with E-state index in [1.54, 1.807) is 0 Å². The molecule has 0 radical (unpaired) electrons. The van der Waals surface area contributed by atoms with Crippen LogP contribution in [0.4, 0.5) is 8.78 Å². The molecule has 0 amide bonds. The van der Waals surface area contributed by atoms with E-state index in [-0.39, 0.29) is 5.56 Å². The van der Waals surface area contributed by atoms with Gasteiger partial charge in [0.25, 0.3) is 0 Å². The summed E-state index contributed by atoms with van der Waals surface area (Å²) in [6.07, 6.45) is -0.614. The molecule has 1 aromatic rings. The van der Waals surface area contributed by atoms with E-state index in [1.165, 1.54) is 0 Å². The Morgan fingerprint density at radius 2 is 2.00 bits per heavy atom. The third-order valence-corrected chi connectivity index (χ3v) is 2.76. The molecule has 1 unspecified atom stereocenters. The summed E-state index contributed by atoms with van der Waals surface area (Å²) in [5.41, 5.74) is -3.42. The molecule has 0 spiro atoms. The SMILES string of the molecule is COC(=O)C1(O)Cc2c(F)ccc(F)c2C1=O. The fourth-order valence-electron chi connectivity index (χ4n) is 1.89. The van der Waals surface area contributed by atoms with Crippen LogP contribution in [0.1, 0.15) is 15.9 Å². The Morgan fingerprint density at radius 3 is 2.53 bits per heavy atom. The second-order valence-electron chi connectivity index (χ2n) is 3.74. The van der Waals surface area contributed by atoms with Crippen LogP contribution in [-0.4, -0.2) is 29.6 Å². The van der Waals surface area contributed by atoms with E-state index in [0.29, 0.717) is 0 Å². The van der Waals surface area contributed by atoms with Crippen LogP contribution < -0.4 is 0 Å². The Morgan fingerprint density at radius 1 is 1.41 bits per heavy atom. The molecule has 4 nitrogen and oxygen atoms in total. The highest BCUT2D eigenvalue weighted by Crippen LogP contribution is 2.34. The number of esters is 1. The van der Waals surface area contributed by atoms with Crippen molar-refractivity contribution >= 4 is 11.8 Å². The molecular weight excluding hydrogens is 234 g/mol. The van der Waals surface area contributed by atoms with Gasteiger partial charge >= 0.3 is 5.97 Å². The van der Waals surface area contributed by atoms with Crippen LogP contribution >= 0.6 is 0 Å². The average Bonchev–Trinajstić information content (AvgIpc) is 2.59. The first-order chi connectivity index (χ1) is 7.91. The van der Waals surface area contributed by atoms with Crippen molar-refractivity contribution in [2.45, 2.75) is 12.0 Å². The second-order valence-corrected chi connectivity index (χ2v) is 3.74. The minimum absolute atomic E-state index is 0.303.